The number of piperidine rings is 1. The van der Waals surface area contributed by atoms with Crippen molar-refractivity contribution in [2.24, 2.45) is 4.99 Å². The van der Waals surface area contributed by atoms with E-state index in [9.17, 15) is 10.4 Å². The third-order valence-corrected chi connectivity index (χ3v) is 6.02. The van der Waals surface area contributed by atoms with Crippen LogP contribution in [0.1, 0.15) is 50.7 Å². The minimum Gasteiger partial charge on any atom is -0.752 e. The highest BCUT2D eigenvalue weighted by atomic mass is 16.6. The summed E-state index contributed by atoms with van der Waals surface area (Å²) < 4.78 is 0. The molecule has 0 spiro atoms. The van der Waals surface area contributed by atoms with Crippen molar-refractivity contribution in [2.45, 2.75) is 64.5 Å². The molecule has 7 nitrogen and oxygen atoms in total. The van der Waals surface area contributed by atoms with E-state index in [1.165, 1.54) is 30.4 Å². The molecule has 0 saturated carbocycles. The molecule has 1 aromatic carbocycles. The van der Waals surface area contributed by atoms with Gasteiger partial charge in [-0.2, -0.15) is 0 Å². The zero-order chi connectivity index (χ0) is 18.3. The molecule has 1 aliphatic carbocycles. The maximum atomic E-state index is 12.7. The fourth-order valence-corrected chi connectivity index (χ4v) is 4.52. The van der Waals surface area contributed by atoms with Crippen molar-refractivity contribution < 1.29 is 0 Å². The number of nitrogens with zero attached hydrogens (tertiary/aromatic N) is 4. The topological polar surface area (TPSA) is 80.2 Å². The van der Waals surface area contributed by atoms with Crippen LogP contribution in [0.3, 0.4) is 0 Å². The molecule has 1 N–H and O–H groups in total. The predicted octanol–water partition coefficient (Wildman–Crippen LogP) is 2.92. The summed E-state index contributed by atoms with van der Waals surface area (Å²) >= 11 is 0. The summed E-state index contributed by atoms with van der Waals surface area (Å²) in [6, 6.07) is 4.79. The Morgan fingerprint density at radius 2 is 1.69 bits per heavy atom. The molecule has 2 aliphatic heterocycles. The molecule has 1 aromatic rings. The lowest BCUT2D eigenvalue weighted by molar-refractivity contribution is 0.108. The van der Waals surface area contributed by atoms with E-state index in [-0.39, 0.29) is 5.96 Å². The van der Waals surface area contributed by atoms with Crippen molar-refractivity contribution in [3.63, 3.8) is 0 Å². The average molecular weight is 357 g/mol. The van der Waals surface area contributed by atoms with E-state index in [4.69, 9.17) is 0 Å². The molecule has 0 bridgehead atoms. The van der Waals surface area contributed by atoms with Gasteiger partial charge in [-0.3, -0.25) is 15.3 Å². The molecule has 26 heavy (non-hydrogen) atoms. The van der Waals surface area contributed by atoms with E-state index in [0.717, 1.165) is 30.9 Å². The number of fused-ring (bicyclic) bond motifs is 2. The van der Waals surface area contributed by atoms with E-state index in [1.54, 1.807) is 0 Å². The Balaban J connectivity index is 1.49. The van der Waals surface area contributed by atoms with E-state index < -0.39 is 0 Å². The molecule has 3 aliphatic rings. The first kappa shape index (κ1) is 17.6. The largest absolute Gasteiger partial charge is 0.752 e. The molecule has 0 radical (unpaired) electrons. The maximum Gasteiger partial charge on any atom is 0.206 e. The zero-order valence-corrected chi connectivity index (χ0v) is 15.6. The minimum absolute atomic E-state index is 0.0859. The predicted molar refractivity (Wildman–Crippen MR) is 105 cm³/mol. The van der Waals surface area contributed by atoms with Gasteiger partial charge in [0.2, 0.25) is 5.96 Å². The lowest BCUT2D eigenvalue weighted by atomic mass is 9.98. The molecule has 2 atom stereocenters. The van der Waals surface area contributed by atoms with Crippen LogP contribution in [0.4, 0.5) is 11.4 Å². The first-order valence-corrected chi connectivity index (χ1v) is 9.72. The van der Waals surface area contributed by atoms with Gasteiger partial charge in [-0.1, -0.05) is 6.42 Å². The molecular weight excluding hydrogens is 330 g/mol. The number of hydroxylamine groups is 1. The molecule has 142 valence electrons. The Labute approximate surface area is 154 Å². The summed E-state index contributed by atoms with van der Waals surface area (Å²) in [6.07, 6.45) is 6.72. The highest BCUT2D eigenvalue weighted by Gasteiger charge is 2.25. The zero-order valence-electron chi connectivity index (χ0n) is 15.6. The first-order chi connectivity index (χ1) is 12.5. The van der Waals surface area contributed by atoms with Crippen LogP contribution in [0, 0.1) is 10.4 Å². The fraction of sp³-hybridized carbons (Fsp3) is 0.632. The fourth-order valence-electron chi connectivity index (χ4n) is 4.52. The number of hydrogen-bond acceptors (Lipinski definition) is 5. The molecule has 7 heteroatoms. The van der Waals surface area contributed by atoms with Crippen LogP contribution >= 0.6 is 0 Å². The van der Waals surface area contributed by atoms with E-state index in [1.807, 2.05) is 12.1 Å². The third-order valence-electron chi connectivity index (χ3n) is 6.02. The second-order valence-corrected chi connectivity index (χ2v) is 7.74. The molecule has 4 rings (SSSR count). The summed E-state index contributed by atoms with van der Waals surface area (Å²) in [7, 11) is 0. The Bertz CT molecular complexity index is 697. The van der Waals surface area contributed by atoms with Gasteiger partial charge in [0.25, 0.3) is 0 Å². The van der Waals surface area contributed by atoms with Gasteiger partial charge < -0.3 is 20.6 Å². The molecule has 1 fully saturated rings. The van der Waals surface area contributed by atoms with Crippen LogP contribution in [0.2, 0.25) is 0 Å². The van der Waals surface area contributed by atoms with Crippen LogP contribution in [0.25, 0.3) is 0 Å². The van der Waals surface area contributed by atoms with Gasteiger partial charge in [-0.15, -0.1) is 0 Å². The third kappa shape index (κ3) is 3.15. The van der Waals surface area contributed by atoms with E-state index >= 15 is 0 Å². The molecule has 0 amide bonds. The van der Waals surface area contributed by atoms with Crippen molar-refractivity contribution >= 4 is 17.3 Å². The van der Waals surface area contributed by atoms with Gasteiger partial charge in [-0.05, 0) is 69.2 Å². The standard InChI is InChI=1S/C19H27N5O2/c1-13-5-3-6-14(2)22(13)10-9-20-19-21-24(26)18-12-16-8-4-7-15(16)11-17(18)23(19)25/h11-14H,3-10H2,1-2H3,(H,20,21)/q-2. The number of nitrogens with one attached hydrogen (secondary N) is 1. The lowest BCUT2D eigenvalue weighted by Crippen LogP contribution is -2.51. The van der Waals surface area contributed by atoms with Crippen molar-refractivity contribution in [2.75, 3.05) is 23.3 Å². The first-order valence-electron chi connectivity index (χ1n) is 9.72. The van der Waals surface area contributed by atoms with Crippen LogP contribution in [0.15, 0.2) is 17.1 Å². The number of guanidine groups is 1. The van der Waals surface area contributed by atoms with Gasteiger partial charge >= 0.3 is 0 Å². The monoisotopic (exact) mass is 357 g/mol. The Morgan fingerprint density at radius 1 is 1.04 bits per heavy atom. The van der Waals surface area contributed by atoms with Crippen LogP contribution in [0.5, 0.6) is 0 Å². The maximum absolute atomic E-state index is 12.7. The SMILES string of the molecule is CC1CCCC(C)N1CCN=C1NN([O-])c2cc3c(cc2N1[O-])CCC3. The van der Waals surface area contributed by atoms with E-state index in [2.05, 4.69) is 29.2 Å². The molecular formula is C19H27N5O2-2. The second kappa shape index (κ2) is 7.06. The number of rotatable bonds is 3. The average Bonchev–Trinajstić information content (AvgIpc) is 3.08. The number of aryl methyl sites for hydroxylation is 2. The minimum atomic E-state index is 0.0859. The highest BCUT2D eigenvalue weighted by Crippen LogP contribution is 2.37. The number of aliphatic imine (C=N–C) groups is 1. The van der Waals surface area contributed by atoms with Crippen molar-refractivity contribution in [1.29, 1.82) is 0 Å². The number of hydrogen-bond donors (Lipinski definition) is 1. The number of likely N-dealkylation sites (tertiary alicyclic amines) is 1. The van der Waals surface area contributed by atoms with Gasteiger partial charge in [0.1, 0.15) is 0 Å². The van der Waals surface area contributed by atoms with Crippen LogP contribution < -0.4 is 15.7 Å². The molecule has 2 heterocycles. The highest BCUT2D eigenvalue weighted by molar-refractivity contribution is 6.04. The second-order valence-electron chi connectivity index (χ2n) is 7.74. The summed E-state index contributed by atoms with van der Waals surface area (Å²) in [4.78, 5) is 6.85. The quantitative estimate of drug-likeness (QED) is 0.896. The smallest absolute Gasteiger partial charge is 0.206 e. The number of anilines is 2. The summed E-state index contributed by atoms with van der Waals surface area (Å²) in [6.45, 7) is 5.80. The van der Waals surface area contributed by atoms with Crippen LogP contribution in [-0.2, 0) is 12.8 Å². The van der Waals surface area contributed by atoms with Gasteiger partial charge in [0.15, 0.2) is 0 Å². The van der Waals surface area contributed by atoms with Gasteiger partial charge in [-0.25, -0.2) is 0 Å². The Kier molecular flexibility index (Phi) is 4.77. The van der Waals surface area contributed by atoms with Gasteiger partial charge in [0, 0.05) is 18.6 Å². The van der Waals surface area contributed by atoms with Gasteiger partial charge in [0.05, 0.1) is 17.9 Å². The molecule has 2 unspecified atom stereocenters. The molecule has 1 saturated heterocycles. The Morgan fingerprint density at radius 3 is 2.38 bits per heavy atom. The number of benzene rings is 1. The van der Waals surface area contributed by atoms with Crippen molar-refractivity contribution in [1.82, 2.24) is 10.3 Å². The Hall–Kier alpha value is -1.83. The summed E-state index contributed by atoms with van der Waals surface area (Å²) in [5.41, 5.74) is 5.73. The normalized spacial score (nSPS) is 27.5. The van der Waals surface area contributed by atoms with E-state index in [0.29, 0.717) is 35.2 Å². The number of hydrazine groups is 1. The van der Waals surface area contributed by atoms with Crippen LogP contribution in [-0.4, -0.2) is 36.0 Å². The van der Waals surface area contributed by atoms with Crippen molar-refractivity contribution in [3.8, 4) is 0 Å². The van der Waals surface area contributed by atoms with Crippen molar-refractivity contribution in [3.05, 3.63) is 33.7 Å². The lowest BCUT2D eigenvalue weighted by Gasteiger charge is -2.47. The molecule has 0 aromatic heterocycles. The summed E-state index contributed by atoms with van der Waals surface area (Å²) in [5.74, 6) is 0.0859. The summed E-state index contributed by atoms with van der Waals surface area (Å²) in [5, 5.41) is 26.5.